The normalized spacial score (nSPS) is 10.4. The Morgan fingerprint density at radius 1 is 1.43 bits per heavy atom. The number of rotatable bonds is 2. The predicted octanol–water partition coefficient (Wildman–Crippen LogP) is 0.429. The Kier molecular flexibility index (Phi) is 2.24. The van der Waals surface area contributed by atoms with E-state index in [1.54, 1.807) is 11.0 Å². The maximum atomic E-state index is 5.61. The molecule has 0 saturated heterocycles. The Morgan fingerprint density at radius 3 is 2.93 bits per heavy atom. The predicted molar refractivity (Wildman–Crippen MR) is 51.8 cm³/mol. The third-order valence-electron chi connectivity index (χ3n) is 2.23. The highest BCUT2D eigenvalue weighted by Crippen LogP contribution is 2.15. The lowest BCUT2D eigenvalue weighted by Gasteiger charge is -2.07. The molecule has 0 bridgehead atoms. The van der Waals surface area contributed by atoms with E-state index in [-0.39, 0.29) is 0 Å². The van der Waals surface area contributed by atoms with Gasteiger partial charge in [-0.1, -0.05) is 12.1 Å². The van der Waals surface area contributed by atoms with Crippen LogP contribution in [0.3, 0.4) is 0 Å². The minimum atomic E-state index is 0.530. The average Bonchev–Trinajstić information content (AvgIpc) is 2.71. The number of tetrazole rings is 1. The second-order valence-electron chi connectivity index (χ2n) is 3.02. The average molecular weight is 189 g/mol. The lowest BCUT2D eigenvalue weighted by atomic mass is 10.1. The minimum Gasteiger partial charge on any atom is -0.326 e. The van der Waals surface area contributed by atoms with Crippen molar-refractivity contribution in [1.82, 2.24) is 20.2 Å². The molecule has 2 rings (SSSR count). The van der Waals surface area contributed by atoms with Gasteiger partial charge in [0.15, 0.2) is 0 Å². The molecular formula is C9H11N5. The Morgan fingerprint density at radius 2 is 2.29 bits per heavy atom. The van der Waals surface area contributed by atoms with Gasteiger partial charge in [0.25, 0.3) is 0 Å². The van der Waals surface area contributed by atoms with Crippen LogP contribution >= 0.6 is 0 Å². The SMILES string of the molecule is Cc1c(CN)cccc1-n1cnnn1. The maximum absolute atomic E-state index is 5.61. The summed E-state index contributed by atoms with van der Waals surface area (Å²) in [4.78, 5) is 0. The zero-order valence-electron chi connectivity index (χ0n) is 7.88. The highest BCUT2D eigenvalue weighted by atomic mass is 15.5. The van der Waals surface area contributed by atoms with Gasteiger partial charge in [0.1, 0.15) is 6.33 Å². The second kappa shape index (κ2) is 3.55. The van der Waals surface area contributed by atoms with Crippen molar-refractivity contribution in [2.24, 2.45) is 5.73 Å². The van der Waals surface area contributed by atoms with Crippen LogP contribution in [-0.4, -0.2) is 20.2 Å². The molecule has 0 aliphatic rings. The summed E-state index contributed by atoms with van der Waals surface area (Å²) in [6.45, 7) is 2.54. The van der Waals surface area contributed by atoms with Crippen molar-refractivity contribution in [3.05, 3.63) is 35.7 Å². The summed E-state index contributed by atoms with van der Waals surface area (Å²) >= 11 is 0. The van der Waals surface area contributed by atoms with Crippen LogP contribution in [0.5, 0.6) is 0 Å². The summed E-state index contributed by atoms with van der Waals surface area (Å²) in [5.74, 6) is 0. The van der Waals surface area contributed by atoms with Crippen LogP contribution < -0.4 is 5.73 Å². The molecule has 0 saturated carbocycles. The molecule has 1 heterocycles. The van der Waals surface area contributed by atoms with Gasteiger partial charge in [-0.15, -0.1) is 5.10 Å². The molecule has 1 aromatic carbocycles. The Balaban J connectivity index is 2.54. The molecule has 0 aliphatic heterocycles. The molecule has 0 aliphatic carbocycles. The largest absolute Gasteiger partial charge is 0.326 e. The molecule has 0 fully saturated rings. The maximum Gasteiger partial charge on any atom is 0.143 e. The van der Waals surface area contributed by atoms with E-state index >= 15 is 0 Å². The Labute approximate surface area is 81.5 Å². The van der Waals surface area contributed by atoms with E-state index in [9.17, 15) is 0 Å². The topological polar surface area (TPSA) is 69.6 Å². The highest BCUT2D eigenvalue weighted by Gasteiger charge is 2.04. The molecule has 14 heavy (non-hydrogen) atoms. The second-order valence-corrected chi connectivity index (χ2v) is 3.02. The van der Waals surface area contributed by atoms with Crippen molar-refractivity contribution >= 4 is 0 Å². The van der Waals surface area contributed by atoms with Gasteiger partial charge in [0, 0.05) is 6.54 Å². The first-order valence-corrected chi connectivity index (χ1v) is 4.35. The highest BCUT2D eigenvalue weighted by molar-refractivity contribution is 5.44. The summed E-state index contributed by atoms with van der Waals surface area (Å²) in [5, 5.41) is 11.0. The number of hydrogen-bond donors (Lipinski definition) is 1. The van der Waals surface area contributed by atoms with Crippen LogP contribution in [0, 0.1) is 6.92 Å². The third kappa shape index (κ3) is 1.38. The van der Waals surface area contributed by atoms with E-state index in [4.69, 9.17) is 5.73 Å². The quantitative estimate of drug-likeness (QED) is 0.743. The summed E-state index contributed by atoms with van der Waals surface area (Å²) < 4.78 is 1.63. The van der Waals surface area contributed by atoms with Crippen molar-refractivity contribution in [3.63, 3.8) is 0 Å². The van der Waals surface area contributed by atoms with E-state index in [1.165, 1.54) is 0 Å². The first kappa shape index (κ1) is 8.83. The summed E-state index contributed by atoms with van der Waals surface area (Å²) in [6, 6.07) is 5.92. The van der Waals surface area contributed by atoms with E-state index in [2.05, 4.69) is 15.5 Å². The van der Waals surface area contributed by atoms with Crippen molar-refractivity contribution in [1.29, 1.82) is 0 Å². The van der Waals surface area contributed by atoms with E-state index in [0.29, 0.717) is 6.54 Å². The minimum absolute atomic E-state index is 0.530. The van der Waals surface area contributed by atoms with Gasteiger partial charge >= 0.3 is 0 Å². The third-order valence-corrected chi connectivity index (χ3v) is 2.23. The molecule has 2 N–H and O–H groups in total. The number of hydrogen-bond acceptors (Lipinski definition) is 4. The van der Waals surface area contributed by atoms with E-state index in [0.717, 1.165) is 16.8 Å². The van der Waals surface area contributed by atoms with Crippen molar-refractivity contribution in [2.45, 2.75) is 13.5 Å². The van der Waals surface area contributed by atoms with E-state index < -0.39 is 0 Å². The fourth-order valence-corrected chi connectivity index (χ4v) is 1.41. The van der Waals surface area contributed by atoms with Gasteiger partial charge in [-0.05, 0) is 34.5 Å². The molecule has 72 valence electrons. The molecule has 0 atom stereocenters. The smallest absolute Gasteiger partial charge is 0.143 e. The first-order valence-electron chi connectivity index (χ1n) is 4.35. The Hall–Kier alpha value is -1.75. The Bertz CT molecular complexity index is 421. The van der Waals surface area contributed by atoms with Gasteiger partial charge in [-0.2, -0.15) is 0 Å². The molecule has 0 amide bonds. The summed E-state index contributed by atoms with van der Waals surface area (Å²) in [7, 11) is 0. The van der Waals surface area contributed by atoms with Crippen LogP contribution in [0.4, 0.5) is 0 Å². The van der Waals surface area contributed by atoms with E-state index in [1.807, 2.05) is 25.1 Å². The van der Waals surface area contributed by atoms with Gasteiger partial charge < -0.3 is 5.73 Å². The standard InChI is InChI=1S/C9H11N5/c1-7-8(5-10)3-2-4-9(7)14-6-11-12-13-14/h2-4,6H,5,10H2,1H3. The molecule has 0 radical (unpaired) electrons. The zero-order valence-corrected chi connectivity index (χ0v) is 7.88. The lowest BCUT2D eigenvalue weighted by molar-refractivity contribution is 0.783. The van der Waals surface area contributed by atoms with Gasteiger partial charge in [-0.25, -0.2) is 4.68 Å². The van der Waals surface area contributed by atoms with Gasteiger partial charge in [0.2, 0.25) is 0 Å². The van der Waals surface area contributed by atoms with Crippen molar-refractivity contribution in [3.8, 4) is 5.69 Å². The number of benzene rings is 1. The van der Waals surface area contributed by atoms with Crippen LogP contribution in [0.2, 0.25) is 0 Å². The fourth-order valence-electron chi connectivity index (χ4n) is 1.41. The first-order chi connectivity index (χ1) is 6.83. The summed E-state index contributed by atoms with van der Waals surface area (Å²) in [6.07, 6.45) is 1.57. The number of nitrogens with two attached hydrogens (primary N) is 1. The van der Waals surface area contributed by atoms with Crippen LogP contribution in [0.15, 0.2) is 24.5 Å². The molecule has 1 aromatic heterocycles. The number of nitrogens with zero attached hydrogens (tertiary/aromatic N) is 4. The fraction of sp³-hybridized carbons (Fsp3) is 0.222. The monoisotopic (exact) mass is 189 g/mol. The van der Waals surface area contributed by atoms with Crippen molar-refractivity contribution in [2.75, 3.05) is 0 Å². The molecule has 0 unspecified atom stereocenters. The molecular weight excluding hydrogens is 178 g/mol. The molecule has 0 spiro atoms. The lowest BCUT2D eigenvalue weighted by Crippen LogP contribution is -2.04. The van der Waals surface area contributed by atoms with Gasteiger partial charge in [-0.3, -0.25) is 0 Å². The number of aromatic nitrogens is 4. The van der Waals surface area contributed by atoms with Gasteiger partial charge in [0.05, 0.1) is 5.69 Å². The van der Waals surface area contributed by atoms with Crippen LogP contribution in [0.1, 0.15) is 11.1 Å². The van der Waals surface area contributed by atoms with Crippen LogP contribution in [0.25, 0.3) is 5.69 Å². The zero-order chi connectivity index (χ0) is 9.97. The van der Waals surface area contributed by atoms with Crippen LogP contribution in [-0.2, 0) is 6.54 Å². The molecule has 5 nitrogen and oxygen atoms in total. The molecule has 2 aromatic rings. The van der Waals surface area contributed by atoms with Crippen molar-refractivity contribution < 1.29 is 0 Å². The molecule has 5 heteroatoms. The summed E-state index contributed by atoms with van der Waals surface area (Å²) in [5.41, 5.74) is 8.80.